The number of rotatable bonds is 5. The molecule has 0 saturated carbocycles. The fraction of sp³-hybridized carbons (Fsp3) is 0.0968. The van der Waals surface area contributed by atoms with E-state index in [-0.39, 0.29) is 11.3 Å². The molecule has 0 unspecified atom stereocenters. The predicted molar refractivity (Wildman–Crippen MR) is 146 cm³/mol. The van der Waals surface area contributed by atoms with Crippen LogP contribution in [0.3, 0.4) is 0 Å². The van der Waals surface area contributed by atoms with Gasteiger partial charge in [0.15, 0.2) is 5.78 Å². The van der Waals surface area contributed by atoms with Crippen LogP contribution in [0.15, 0.2) is 102 Å². The van der Waals surface area contributed by atoms with Crippen molar-refractivity contribution in [2.45, 2.75) is 19.3 Å². The summed E-state index contributed by atoms with van der Waals surface area (Å²) < 4.78 is 7.55. The molecule has 0 fully saturated rings. The molecule has 7 heteroatoms. The number of fused-ring (bicyclic) bond motifs is 2. The number of benzene rings is 3. The Labute approximate surface area is 218 Å². The van der Waals surface area contributed by atoms with Crippen LogP contribution in [0.1, 0.15) is 39.3 Å². The number of hydrogen-bond donors (Lipinski definition) is 1. The molecule has 0 radical (unpaired) electrons. The van der Waals surface area contributed by atoms with Crippen molar-refractivity contribution in [3.63, 3.8) is 0 Å². The summed E-state index contributed by atoms with van der Waals surface area (Å²) >= 11 is 0. The smallest absolute Gasteiger partial charge is 0.268 e. The third-order valence-electron chi connectivity index (χ3n) is 6.63. The lowest BCUT2D eigenvalue weighted by Crippen LogP contribution is -2.33. The topological polar surface area (TPSA) is 90.3 Å². The second-order valence-corrected chi connectivity index (χ2v) is 9.08. The molecule has 0 aliphatic heterocycles. The van der Waals surface area contributed by atoms with E-state index in [0.29, 0.717) is 53.4 Å². The summed E-state index contributed by atoms with van der Waals surface area (Å²) in [5, 5.41) is 3.68. The molecule has 2 heterocycles. The molecular formula is C31H23N3O4. The Morgan fingerprint density at radius 2 is 1.63 bits per heavy atom. The lowest BCUT2D eigenvalue weighted by Gasteiger charge is -2.21. The van der Waals surface area contributed by atoms with Crippen molar-refractivity contribution in [1.82, 2.24) is 9.55 Å². The normalized spacial score (nSPS) is 12.7. The third-order valence-corrected chi connectivity index (χ3v) is 6.63. The standard InChI is InChI=1S/C31H23N3O4/c35-28-12-6-11-27-24(28)19-25(31(37)34(27)21-7-2-1-3-8-21)30(36)33-20-13-15-22(16-14-20)38-29-17-18-32-26-10-5-4-9-23(26)29/h1-5,7-10,13-19H,6,11-12H2,(H,33,36). The lowest BCUT2D eigenvalue weighted by molar-refractivity contribution is 0.0971. The number of pyridine rings is 2. The largest absolute Gasteiger partial charge is 0.457 e. The van der Waals surface area contributed by atoms with E-state index < -0.39 is 11.5 Å². The van der Waals surface area contributed by atoms with Crippen LogP contribution in [0.4, 0.5) is 5.69 Å². The van der Waals surface area contributed by atoms with Crippen molar-refractivity contribution >= 4 is 28.3 Å². The number of aromatic nitrogens is 2. The highest BCUT2D eigenvalue weighted by atomic mass is 16.5. The minimum absolute atomic E-state index is 0.0601. The van der Waals surface area contributed by atoms with Gasteiger partial charge in [0.1, 0.15) is 17.1 Å². The van der Waals surface area contributed by atoms with Crippen molar-refractivity contribution in [3.05, 3.63) is 124 Å². The van der Waals surface area contributed by atoms with Crippen LogP contribution in [0.25, 0.3) is 16.6 Å². The van der Waals surface area contributed by atoms with E-state index in [1.165, 1.54) is 10.6 Å². The maximum Gasteiger partial charge on any atom is 0.268 e. The molecular weight excluding hydrogens is 478 g/mol. The molecule has 0 atom stereocenters. The number of hydrogen-bond acceptors (Lipinski definition) is 5. The van der Waals surface area contributed by atoms with E-state index in [1.54, 1.807) is 48.7 Å². The molecule has 3 aromatic carbocycles. The van der Waals surface area contributed by atoms with Crippen LogP contribution in [0.2, 0.25) is 0 Å². The van der Waals surface area contributed by atoms with E-state index in [9.17, 15) is 14.4 Å². The predicted octanol–water partition coefficient (Wildman–Crippen LogP) is 5.95. The minimum Gasteiger partial charge on any atom is -0.457 e. The first-order chi connectivity index (χ1) is 18.6. The number of carbonyl (C=O) groups excluding carboxylic acids is 2. The Hall–Kier alpha value is -5.04. The SMILES string of the molecule is O=C1CCCc2c1cc(C(=O)Nc1ccc(Oc3ccnc4ccccc34)cc1)c(=O)n2-c1ccccc1. The summed E-state index contributed by atoms with van der Waals surface area (Å²) in [7, 11) is 0. The maximum atomic E-state index is 13.5. The molecule has 5 aromatic rings. The second kappa shape index (κ2) is 9.78. The molecule has 38 heavy (non-hydrogen) atoms. The monoisotopic (exact) mass is 501 g/mol. The van der Waals surface area contributed by atoms with Gasteiger partial charge in [-0.05, 0) is 73.5 Å². The van der Waals surface area contributed by atoms with Crippen LogP contribution >= 0.6 is 0 Å². The molecule has 1 N–H and O–H groups in total. The first-order valence-electron chi connectivity index (χ1n) is 12.4. The Balaban J connectivity index is 1.29. The Morgan fingerprint density at radius 3 is 2.45 bits per heavy atom. The number of Topliss-reactive ketones (excluding diaryl/α,β-unsaturated/α-hetero) is 1. The zero-order valence-electron chi connectivity index (χ0n) is 20.4. The number of amides is 1. The van der Waals surface area contributed by atoms with Crippen LogP contribution in [-0.4, -0.2) is 21.2 Å². The zero-order chi connectivity index (χ0) is 26.1. The average molecular weight is 502 g/mol. The first-order valence-corrected chi connectivity index (χ1v) is 12.4. The van der Waals surface area contributed by atoms with Gasteiger partial charge in [0, 0.05) is 40.6 Å². The summed E-state index contributed by atoms with van der Waals surface area (Å²) in [6, 6.07) is 26.9. The number of nitrogens with one attached hydrogen (secondary N) is 1. The lowest BCUT2D eigenvalue weighted by atomic mass is 9.92. The van der Waals surface area contributed by atoms with Gasteiger partial charge in [0.05, 0.1) is 5.52 Å². The molecule has 186 valence electrons. The number of carbonyl (C=O) groups is 2. The van der Waals surface area contributed by atoms with E-state index in [0.717, 1.165) is 10.9 Å². The Bertz CT molecular complexity index is 1740. The van der Waals surface area contributed by atoms with E-state index in [1.807, 2.05) is 42.5 Å². The van der Waals surface area contributed by atoms with Gasteiger partial charge in [-0.1, -0.05) is 30.3 Å². The highest BCUT2D eigenvalue weighted by Crippen LogP contribution is 2.29. The van der Waals surface area contributed by atoms with Gasteiger partial charge in [0.25, 0.3) is 11.5 Å². The van der Waals surface area contributed by atoms with Crippen molar-refractivity contribution < 1.29 is 14.3 Å². The highest BCUT2D eigenvalue weighted by molar-refractivity contribution is 6.06. The van der Waals surface area contributed by atoms with Gasteiger partial charge in [-0.2, -0.15) is 0 Å². The van der Waals surface area contributed by atoms with Gasteiger partial charge >= 0.3 is 0 Å². The fourth-order valence-electron chi connectivity index (χ4n) is 4.79. The summed E-state index contributed by atoms with van der Waals surface area (Å²) in [4.78, 5) is 43.8. The van der Waals surface area contributed by atoms with E-state index in [2.05, 4.69) is 10.3 Å². The second-order valence-electron chi connectivity index (χ2n) is 9.08. The third kappa shape index (κ3) is 4.35. The van der Waals surface area contributed by atoms with E-state index >= 15 is 0 Å². The number of ketones is 1. The molecule has 0 spiro atoms. The van der Waals surface area contributed by atoms with E-state index in [4.69, 9.17) is 4.74 Å². The summed E-state index contributed by atoms with van der Waals surface area (Å²) in [6.07, 6.45) is 3.36. The van der Waals surface area contributed by atoms with Crippen LogP contribution < -0.4 is 15.6 Å². The quantitative estimate of drug-likeness (QED) is 0.321. The Kier molecular flexibility index (Phi) is 6.01. The fourth-order valence-corrected chi connectivity index (χ4v) is 4.79. The maximum absolute atomic E-state index is 13.5. The average Bonchev–Trinajstić information content (AvgIpc) is 2.95. The highest BCUT2D eigenvalue weighted by Gasteiger charge is 2.26. The van der Waals surface area contributed by atoms with Crippen LogP contribution in [0, 0.1) is 0 Å². The molecule has 0 saturated heterocycles. The number of anilines is 1. The zero-order valence-corrected chi connectivity index (χ0v) is 20.4. The van der Waals surface area contributed by atoms with Gasteiger partial charge in [-0.25, -0.2) is 0 Å². The van der Waals surface area contributed by atoms with Gasteiger partial charge in [-0.15, -0.1) is 0 Å². The Morgan fingerprint density at radius 1 is 0.868 bits per heavy atom. The summed E-state index contributed by atoms with van der Waals surface area (Å²) in [5.74, 6) is 0.627. The van der Waals surface area contributed by atoms with Crippen LogP contribution in [0.5, 0.6) is 11.5 Å². The molecule has 6 rings (SSSR count). The minimum atomic E-state index is -0.574. The number of ether oxygens (including phenoxy) is 1. The van der Waals surface area contributed by atoms with Gasteiger partial charge < -0.3 is 10.1 Å². The number of nitrogens with zero attached hydrogens (tertiary/aromatic N) is 2. The molecule has 7 nitrogen and oxygen atoms in total. The van der Waals surface area contributed by atoms with Crippen molar-refractivity contribution in [2.24, 2.45) is 0 Å². The van der Waals surface area contributed by atoms with Crippen LogP contribution in [-0.2, 0) is 6.42 Å². The molecule has 1 amide bonds. The first kappa shape index (κ1) is 23.4. The molecule has 0 bridgehead atoms. The molecule has 1 aliphatic carbocycles. The summed E-state index contributed by atoms with van der Waals surface area (Å²) in [6.45, 7) is 0. The van der Waals surface area contributed by atoms with Crippen molar-refractivity contribution in [1.29, 1.82) is 0 Å². The molecule has 1 aliphatic rings. The summed E-state index contributed by atoms with van der Waals surface area (Å²) in [5.41, 5.74) is 2.51. The molecule has 2 aromatic heterocycles. The van der Waals surface area contributed by atoms with Gasteiger partial charge in [-0.3, -0.25) is 23.9 Å². The van der Waals surface area contributed by atoms with Gasteiger partial charge in [0.2, 0.25) is 0 Å². The van der Waals surface area contributed by atoms with Crippen molar-refractivity contribution in [2.75, 3.05) is 5.32 Å². The van der Waals surface area contributed by atoms with Crippen molar-refractivity contribution in [3.8, 4) is 17.2 Å². The number of para-hydroxylation sites is 2.